The first-order chi connectivity index (χ1) is 14.0. The van der Waals surface area contributed by atoms with Crippen LogP contribution in [0.15, 0.2) is 54.9 Å². The van der Waals surface area contributed by atoms with Gasteiger partial charge in [-0.25, -0.2) is 9.97 Å². The highest BCUT2D eigenvalue weighted by molar-refractivity contribution is 5.56. The van der Waals surface area contributed by atoms with Crippen molar-refractivity contribution < 1.29 is 26.3 Å². The van der Waals surface area contributed by atoms with Gasteiger partial charge in [-0.05, 0) is 24.3 Å². The molecule has 0 aliphatic carbocycles. The highest BCUT2D eigenvalue weighted by atomic mass is 19.4. The van der Waals surface area contributed by atoms with Gasteiger partial charge in [-0.3, -0.25) is 4.98 Å². The zero-order valence-corrected chi connectivity index (χ0v) is 16.0. The number of para-hydroxylation sites is 1. The Morgan fingerprint density at radius 1 is 0.733 bits per heavy atom. The van der Waals surface area contributed by atoms with Crippen molar-refractivity contribution in [1.29, 1.82) is 0 Å². The van der Waals surface area contributed by atoms with E-state index in [1.165, 1.54) is 0 Å². The molecule has 3 aromatic rings. The van der Waals surface area contributed by atoms with Crippen molar-refractivity contribution in [3.63, 3.8) is 0 Å². The summed E-state index contributed by atoms with van der Waals surface area (Å²) in [6.45, 7) is 4.00. The van der Waals surface area contributed by atoms with Crippen molar-refractivity contribution in [3.8, 4) is 11.4 Å². The number of hydrogen-bond donors (Lipinski definition) is 2. The Morgan fingerprint density at radius 3 is 1.73 bits per heavy atom. The average Bonchev–Trinajstić information content (AvgIpc) is 2.69. The van der Waals surface area contributed by atoms with Crippen LogP contribution in [0.2, 0.25) is 0 Å². The lowest BCUT2D eigenvalue weighted by atomic mass is 10.2. The smallest absolute Gasteiger partial charge is 0.399 e. The lowest BCUT2D eigenvalue weighted by Crippen LogP contribution is -2.13. The topological polar surface area (TPSA) is 90.7 Å². The Labute approximate surface area is 168 Å². The van der Waals surface area contributed by atoms with E-state index < -0.39 is 35.3 Å². The second-order valence-corrected chi connectivity index (χ2v) is 5.34. The number of aromatic nitrogens is 3. The predicted octanol–water partition coefficient (Wildman–Crippen LogP) is 5.45. The van der Waals surface area contributed by atoms with Crippen molar-refractivity contribution in [2.75, 3.05) is 11.5 Å². The van der Waals surface area contributed by atoms with E-state index in [0.717, 1.165) is 24.1 Å². The van der Waals surface area contributed by atoms with E-state index in [9.17, 15) is 26.3 Å². The van der Waals surface area contributed by atoms with E-state index in [4.69, 9.17) is 11.5 Å². The number of nitrogens with zero attached hydrogens (tertiary/aromatic N) is 3. The summed E-state index contributed by atoms with van der Waals surface area (Å²) in [4.78, 5) is 9.90. The van der Waals surface area contributed by atoms with Gasteiger partial charge in [0.15, 0.2) is 11.5 Å². The number of nitrogens with two attached hydrogens (primary N) is 2. The second-order valence-electron chi connectivity index (χ2n) is 5.34. The van der Waals surface area contributed by atoms with Crippen LogP contribution in [0.5, 0.6) is 0 Å². The first kappa shape index (κ1) is 24.7. The largest absolute Gasteiger partial charge is 0.435 e. The van der Waals surface area contributed by atoms with Gasteiger partial charge in [0.25, 0.3) is 0 Å². The Balaban J connectivity index is 0.000000418. The number of rotatable bonds is 1. The lowest BCUT2D eigenvalue weighted by molar-refractivity contribution is -0.141. The fraction of sp³-hybridized carbons (Fsp3) is 0.211. The molecule has 4 N–H and O–H groups in total. The second kappa shape index (κ2) is 10.4. The van der Waals surface area contributed by atoms with Crippen LogP contribution < -0.4 is 11.5 Å². The molecule has 0 aliphatic rings. The summed E-state index contributed by atoms with van der Waals surface area (Å²) >= 11 is 0. The van der Waals surface area contributed by atoms with Crippen LogP contribution in [-0.4, -0.2) is 15.0 Å². The molecule has 0 unspecified atom stereocenters. The van der Waals surface area contributed by atoms with E-state index in [1.54, 1.807) is 0 Å². The van der Waals surface area contributed by atoms with E-state index in [0.29, 0.717) is 6.07 Å². The molecule has 0 aliphatic heterocycles. The highest BCUT2D eigenvalue weighted by Gasteiger charge is 2.36. The van der Waals surface area contributed by atoms with Crippen molar-refractivity contribution in [2.24, 2.45) is 0 Å². The Hall–Kier alpha value is -3.37. The molecular weight excluding hydrogens is 412 g/mol. The van der Waals surface area contributed by atoms with E-state index in [1.807, 2.05) is 44.2 Å². The zero-order chi connectivity index (χ0) is 22.9. The maximum absolute atomic E-state index is 12.6. The van der Waals surface area contributed by atoms with E-state index in [2.05, 4.69) is 15.0 Å². The standard InChI is InChI=1S/C11H6F6N4.C6H7N.C2H6/c12-10(13,14)7-2-1-5(3-19-7)9-20-4-6(18)8(21-9)11(15,16)17;7-6-4-2-1-3-5-6;1-2/h1-4H,18H2;1-5H,7H2;1-2H3. The van der Waals surface area contributed by atoms with E-state index in [-0.39, 0.29) is 5.56 Å². The van der Waals surface area contributed by atoms with Gasteiger partial charge in [0.05, 0.1) is 11.9 Å². The van der Waals surface area contributed by atoms with Crippen LogP contribution in [0.1, 0.15) is 25.2 Å². The molecule has 0 fully saturated rings. The van der Waals surface area contributed by atoms with Gasteiger partial charge in [-0.2, -0.15) is 26.3 Å². The number of nitrogen functional groups attached to an aromatic ring is 2. The SMILES string of the molecule is CC.Nc1ccccc1.Nc1cnc(-c2ccc(C(F)(F)F)nc2)nc1C(F)(F)F. The molecule has 3 rings (SSSR count). The molecule has 1 aromatic carbocycles. The number of halogens is 6. The molecule has 11 heteroatoms. The number of hydrogen-bond acceptors (Lipinski definition) is 5. The Kier molecular flexibility index (Phi) is 8.57. The maximum atomic E-state index is 12.6. The molecule has 0 atom stereocenters. The third kappa shape index (κ3) is 7.22. The molecule has 0 saturated carbocycles. The minimum absolute atomic E-state index is 0.0894. The molecule has 2 aromatic heterocycles. The summed E-state index contributed by atoms with van der Waals surface area (Å²) in [5.41, 5.74) is 8.02. The van der Waals surface area contributed by atoms with Crippen LogP contribution in [0.25, 0.3) is 11.4 Å². The summed E-state index contributed by atoms with van der Waals surface area (Å²) < 4.78 is 74.9. The summed E-state index contributed by atoms with van der Waals surface area (Å²) in [6.07, 6.45) is -7.95. The minimum atomic E-state index is -4.79. The molecular formula is C19H19F6N5. The number of benzene rings is 1. The van der Waals surface area contributed by atoms with Crippen molar-refractivity contribution in [2.45, 2.75) is 26.2 Å². The molecule has 5 nitrogen and oxygen atoms in total. The van der Waals surface area contributed by atoms with Crippen molar-refractivity contribution in [3.05, 3.63) is 66.2 Å². The molecule has 0 amide bonds. The maximum Gasteiger partial charge on any atom is 0.435 e. The van der Waals surface area contributed by atoms with Crippen LogP contribution in [-0.2, 0) is 12.4 Å². The van der Waals surface area contributed by atoms with Crippen LogP contribution in [0.3, 0.4) is 0 Å². The molecule has 0 radical (unpaired) electrons. The fourth-order valence-corrected chi connectivity index (χ4v) is 1.90. The Morgan fingerprint density at radius 2 is 1.33 bits per heavy atom. The first-order valence-corrected chi connectivity index (χ1v) is 8.52. The van der Waals surface area contributed by atoms with Crippen LogP contribution >= 0.6 is 0 Å². The molecule has 30 heavy (non-hydrogen) atoms. The third-order valence-electron chi connectivity index (χ3n) is 3.20. The zero-order valence-electron chi connectivity index (χ0n) is 16.0. The Bertz CT molecular complexity index is 909. The monoisotopic (exact) mass is 431 g/mol. The molecule has 162 valence electrons. The van der Waals surface area contributed by atoms with Gasteiger partial charge >= 0.3 is 12.4 Å². The molecule has 0 spiro atoms. The average molecular weight is 431 g/mol. The van der Waals surface area contributed by atoms with Crippen molar-refractivity contribution in [1.82, 2.24) is 15.0 Å². The third-order valence-corrected chi connectivity index (χ3v) is 3.20. The summed E-state index contributed by atoms with van der Waals surface area (Å²) in [7, 11) is 0. The molecule has 2 heterocycles. The fourth-order valence-electron chi connectivity index (χ4n) is 1.90. The van der Waals surface area contributed by atoms with Crippen LogP contribution in [0, 0.1) is 0 Å². The minimum Gasteiger partial charge on any atom is -0.399 e. The van der Waals surface area contributed by atoms with Gasteiger partial charge in [0.2, 0.25) is 0 Å². The lowest BCUT2D eigenvalue weighted by Gasteiger charge is -2.10. The number of alkyl halides is 6. The molecule has 0 bridgehead atoms. The van der Waals surface area contributed by atoms with Gasteiger partial charge in [-0.15, -0.1) is 0 Å². The quantitative estimate of drug-likeness (QED) is 0.395. The number of pyridine rings is 1. The predicted molar refractivity (Wildman–Crippen MR) is 102 cm³/mol. The number of anilines is 2. The first-order valence-electron chi connectivity index (χ1n) is 8.52. The highest BCUT2D eigenvalue weighted by Crippen LogP contribution is 2.33. The summed E-state index contributed by atoms with van der Waals surface area (Å²) in [6, 6.07) is 11.0. The normalized spacial score (nSPS) is 10.9. The van der Waals surface area contributed by atoms with Gasteiger partial charge < -0.3 is 11.5 Å². The van der Waals surface area contributed by atoms with Crippen LogP contribution in [0.4, 0.5) is 37.7 Å². The summed E-state index contributed by atoms with van der Waals surface area (Å²) in [5, 5.41) is 0. The van der Waals surface area contributed by atoms with Gasteiger partial charge in [0, 0.05) is 17.4 Å². The van der Waals surface area contributed by atoms with Gasteiger partial charge in [0.1, 0.15) is 5.69 Å². The van der Waals surface area contributed by atoms with Crippen molar-refractivity contribution >= 4 is 11.4 Å². The van der Waals surface area contributed by atoms with Gasteiger partial charge in [-0.1, -0.05) is 32.0 Å². The van der Waals surface area contributed by atoms with E-state index >= 15 is 0 Å². The molecule has 0 saturated heterocycles. The summed E-state index contributed by atoms with van der Waals surface area (Å²) in [5.74, 6) is -0.419.